The Hall–Kier alpha value is -1.92. The molecule has 1 rings (SSSR count). The predicted molar refractivity (Wildman–Crippen MR) is 72.5 cm³/mol. The maximum Gasteiger partial charge on any atom is 0.372 e. The number of nitro groups is 1. The molecule has 1 heterocycles. The molecule has 19 heavy (non-hydrogen) atoms. The summed E-state index contributed by atoms with van der Waals surface area (Å²) in [6.07, 6.45) is 5.00. The molecule has 7 nitrogen and oxygen atoms in total. The summed E-state index contributed by atoms with van der Waals surface area (Å²) in [5, 5.41) is 14.1. The van der Waals surface area contributed by atoms with E-state index in [1.165, 1.54) is 6.33 Å². The number of hydrogen-bond acceptors (Lipinski definition) is 6. The van der Waals surface area contributed by atoms with Crippen molar-refractivity contribution in [1.82, 2.24) is 9.97 Å². The Morgan fingerprint density at radius 2 is 2.05 bits per heavy atom. The zero-order valence-corrected chi connectivity index (χ0v) is 11.4. The Morgan fingerprint density at radius 1 is 1.32 bits per heavy atom. The lowest BCUT2D eigenvalue weighted by Crippen LogP contribution is -2.09. The average molecular weight is 268 g/mol. The van der Waals surface area contributed by atoms with Crippen LogP contribution in [0.3, 0.4) is 0 Å². The molecule has 0 amide bonds. The van der Waals surface area contributed by atoms with Crippen LogP contribution in [0.4, 0.5) is 11.5 Å². The van der Waals surface area contributed by atoms with Gasteiger partial charge < -0.3 is 10.1 Å². The molecular formula is C12H20N4O3. The van der Waals surface area contributed by atoms with Gasteiger partial charge in [-0.1, -0.05) is 26.7 Å². The van der Waals surface area contributed by atoms with E-state index in [2.05, 4.69) is 22.2 Å². The van der Waals surface area contributed by atoms with Crippen LogP contribution in [0.25, 0.3) is 0 Å². The second-order valence-corrected chi connectivity index (χ2v) is 4.12. The summed E-state index contributed by atoms with van der Waals surface area (Å²) in [6.45, 7) is 5.14. The molecule has 0 bridgehead atoms. The fourth-order valence-electron chi connectivity index (χ4n) is 1.46. The molecular weight excluding hydrogens is 248 g/mol. The molecule has 0 aliphatic heterocycles. The van der Waals surface area contributed by atoms with E-state index in [0.29, 0.717) is 13.2 Å². The van der Waals surface area contributed by atoms with Crippen molar-refractivity contribution < 1.29 is 9.66 Å². The number of nitrogens with one attached hydrogen (secondary N) is 1. The number of ether oxygens (including phenoxy) is 1. The minimum Gasteiger partial charge on any atom is -0.473 e. The molecule has 1 N–H and O–H groups in total. The minimum atomic E-state index is -0.504. The van der Waals surface area contributed by atoms with Crippen LogP contribution in [0.5, 0.6) is 5.88 Å². The van der Waals surface area contributed by atoms with E-state index in [4.69, 9.17) is 4.74 Å². The lowest BCUT2D eigenvalue weighted by molar-refractivity contribution is -0.385. The number of nitrogens with zero attached hydrogens (tertiary/aromatic N) is 3. The molecule has 0 aliphatic rings. The van der Waals surface area contributed by atoms with Gasteiger partial charge in [-0.2, -0.15) is 4.98 Å². The fourth-order valence-corrected chi connectivity index (χ4v) is 1.46. The van der Waals surface area contributed by atoms with Crippen LogP contribution < -0.4 is 10.1 Å². The highest BCUT2D eigenvalue weighted by Crippen LogP contribution is 2.30. The van der Waals surface area contributed by atoms with Crippen LogP contribution >= 0.6 is 0 Å². The lowest BCUT2D eigenvalue weighted by atomic mass is 10.3. The fraction of sp³-hybridized carbons (Fsp3) is 0.667. The van der Waals surface area contributed by atoms with Crippen molar-refractivity contribution in [3.05, 3.63) is 16.4 Å². The first kappa shape index (κ1) is 15.1. The van der Waals surface area contributed by atoms with Gasteiger partial charge >= 0.3 is 5.69 Å². The van der Waals surface area contributed by atoms with Gasteiger partial charge in [0, 0.05) is 6.54 Å². The average Bonchev–Trinajstić information content (AvgIpc) is 2.39. The summed E-state index contributed by atoms with van der Waals surface area (Å²) in [5.74, 6) is 0.257. The molecule has 0 aliphatic carbocycles. The number of aromatic nitrogens is 2. The van der Waals surface area contributed by atoms with Crippen LogP contribution in [0.2, 0.25) is 0 Å². The number of anilines is 1. The molecule has 7 heteroatoms. The molecule has 0 saturated heterocycles. The van der Waals surface area contributed by atoms with Gasteiger partial charge in [-0.3, -0.25) is 10.1 Å². The second-order valence-electron chi connectivity index (χ2n) is 4.12. The first-order chi connectivity index (χ1) is 9.20. The molecule has 0 unspecified atom stereocenters. The normalized spacial score (nSPS) is 10.2. The highest BCUT2D eigenvalue weighted by molar-refractivity contribution is 5.61. The van der Waals surface area contributed by atoms with Crippen LogP contribution in [0.1, 0.15) is 39.5 Å². The van der Waals surface area contributed by atoms with Gasteiger partial charge in [0.15, 0.2) is 0 Å². The summed E-state index contributed by atoms with van der Waals surface area (Å²) in [5.41, 5.74) is -0.185. The van der Waals surface area contributed by atoms with Gasteiger partial charge in [-0.15, -0.1) is 0 Å². The second kappa shape index (κ2) is 8.23. The maximum absolute atomic E-state index is 11.1. The van der Waals surface area contributed by atoms with Crippen molar-refractivity contribution in [2.45, 2.75) is 39.5 Å². The Kier molecular flexibility index (Phi) is 6.56. The third-order valence-corrected chi connectivity index (χ3v) is 2.53. The predicted octanol–water partition coefficient (Wildman–Crippen LogP) is 2.78. The van der Waals surface area contributed by atoms with E-state index in [0.717, 1.165) is 25.7 Å². The van der Waals surface area contributed by atoms with E-state index >= 15 is 0 Å². The molecule has 0 aromatic carbocycles. The standard InChI is InChI=1S/C12H20N4O3/c1-3-5-7-13-11-10(16(17)18)12(15-9-14-11)19-8-6-4-2/h9H,3-8H2,1-2H3,(H,13,14,15). The zero-order valence-electron chi connectivity index (χ0n) is 11.4. The molecule has 0 radical (unpaired) electrons. The minimum absolute atomic E-state index is 0.0347. The Morgan fingerprint density at radius 3 is 2.68 bits per heavy atom. The van der Waals surface area contributed by atoms with Crippen molar-refractivity contribution >= 4 is 11.5 Å². The van der Waals surface area contributed by atoms with Crippen LogP contribution in [-0.4, -0.2) is 28.0 Å². The quantitative estimate of drug-likeness (QED) is 0.420. The van der Waals surface area contributed by atoms with Crippen molar-refractivity contribution in [2.75, 3.05) is 18.5 Å². The van der Waals surface area contributed by atoms with Gasteiger partial charge in [0.25, 0.3) is 5.88 Å². The van der Waals surface area contributed by atoms with Crippen molar-refractivity contribution in [3.63, 3.8) is 0 Å². The van der Waals surface area contributed by atoms with E-state index < -0.39 is 4.92 Å². The number of rotatable bonds is 9. The highest BCUT2D eigenvalue weighted by Gasteiger charge is 2.23. The first-order valence-corrected chi connectivity index (χ1v) is 6.56. The summed E-state index contributed by atoms with van der Waals surface area (Å²) in [7, 11) is 0. The van der Waals surface area contributed by atoms with Gasteiger partial charge in [0.1, 0.15) is 6.33 Å². The van der Waals surface area contributed by atoms with Crippen molar-refractivity contribution in [2.24, 2.45) is 0 Å². The third kappa shape index (κ3) is 4.69. The summed E-state index contributed by atoms with van der Waals surface area (Å²) >= 11 is 0. The number of unbranched alkanes of at least 4 members (excludes halogenated alkanes) is 2. The molecule has 1 aromatic heterocycles. The molecule has 1 aromatic rings. The van der Waals surface area contributed by atoms with Gasteiger partial charge in [0.05, 0.1) is 11.5 Å². The molecule has 0 spiro atoms. The van der Waals surface area contributed by atoms with Gasteiger partial charge in [-0.25, -0.2) is 4.98 Å². The summed E-state index contributed by atoms with van der Waals surface area (Å²) < 4.78 is 5.35. The zero-order chi connectivity index (χ0) is 14.1. The van der Waals surface area contributed by atoms with E-state index in [-0.39, 0.29) is 17.4 Å². The SMILES string of the molecule is CCCCNc1ncnc(OCCCC)c1[N+](=O)[O-]. The Bertz CT molecular complexity index is 384. The highest BCUT2D eigenvalue weighted by atomic mass is 16.6. The smallest absolute Gasteiger partial charge is 0.372 e. The van der Waals surface area contributed by atoms with Crippen LogP contribution in [0, 0.1) is 10.1 Å². The Labute approximate surface area is 112 Å². The van der Waals surface area contributed by atoms with Crippen molar-refractivity contribution in [3.8, 4) is 5.88 Å². The summed E-state index contributed by atoms with van der Waals surface area (Å²) in [4.78, 5) is 18.4. The van der Waals surface area contributed by atoms with Gasteiger partial charge in [0.2, 0.25) is 5.82 Å². The largest absolute Gasteiger partial charge is 0.473 e. The van der Waals surface area contributed by atoms with Gasteiger partial charge in [-0.05, 0) is 12.8 Å². The lowest BCUT2D eigenvalue weighted by Gasteiger charge is -2.08. The maximum atomic E-state index is 11.1. The molecule has 0 saturated carbocycles. The van der Waals surface area contributed by atoms with Crippen molar-refractivity contribution in [1.29, 1.82) is 0 Å². The van der Waals surface area contributed by atoms with E-state index in [1.807, 2.05) is 6.92 Å². The van der Waals surface area contributed by atoms with Crippen LogP contribution in [-0.2, 0) is 0 Å². The monoisotopic (exact) mass is 268 g/mol. The Balaban J connectivity index is 2.84. The summed E-state index contributed by atoms with van der Waals surface area (Å²) in [6, 6.07) is 0. The molecule has 106 valence electrons. The topological polar surface area (TPSA) is 90.2 Å². The van der Waals surface area contributed by atoms with Crippen LogP contribution in [0.15, 0.2) is 6.33 Å². The third-order valence-electron chi connectivity index (χ3n) is 2.53. The first-order valence-electron chi connectivity index (χ1n) is 6.56. The van der Waals surface area contributed by atoms with E-state index in [9.17, 15) is 10.1 Å². The van der Waals surface area contributed by atoms with E-state index in [1.54, 1.807) is 0 Å². The molecule has 0 atom stereocenters. The molecule has 0 fully saturated rings. The number of hydrogen-bond donors (Lipinski definition) is 1.